The molecule has 0 radical (unpaired) electrons. The SMILES string of the molecule is COCCN1C(=O)C2CN(C(=O)c3cc(-c4ccccc4Cl)n[nH]3)CCCN2C1=O. The average molecular weight is 432 g/mol. The smallest absolute Gasteiger partial charge is 0.327 e. The molecule has 4 rings (SSSR count). The normalized spacial score (nSPS) is 19.3. The van der Waals surface area contributed by atoms with E-state index in [2.05, 4.69) is 10.2 Å². The van der Waals surface area contributed by atoms with Gasteiger partial charge < -0.3 is 14.5 Å². The number of urea groups is 1. The van der Waals surface area contributed by atoms with Gasteiger partial charge in [-0.1, -0.05) is 29.8 Å². The lowest BCUT2D eigenvalue weighted by Gasteiger charge is -2.23. The summed E-state index contributed by atoms with van der Waals surface area (Å²) in [4.78, 5) is 42.8. The van der Waals surface area contributed by atoms with Gasteiger partial charge in [-0.05, 0) is 18.6 Å². The number of nitrogens with one attached hydrogen (secondary N) is 1. The molecule has 0 bridgehead atoms. The monoisotopic (exact) mass is 431 g/mol. The van der Waals surface area contributed by atoms with Crippen LogP contribution in [-0.4, -0.2) is 88.7 Å². The first-order valence-corrected chi connectivity index (χ1v) is 10.1. The van der Waals surface area contributed by atoms with Crippen LogP contribution in [0.4, 0.5) is 4.79 Å². The number of H-pyrrole nitrogens is 1. The largest absolute Gasteiger partial charge is 0.383 e. The van der Waals surface area contributed by atoms with E-state index in [1.165, 1.54) is 12.0 Å². The number of ether oxygens (including phenoxy) is 1. The van der Waals surface area contributed by atoms with Crippen LogP contribution in [0.15, 0.2) is 30.3 Å². The van der Waals surface area contributed by atoms with Crippen LogP contribution in [0.2, 0.25) is 5.02 Å². The Morgan fingerprint density at radius 3 is 2.87 bits per heavy atom. The highest BCUT2D eigenvalue weighted by molar-refractivity contribution is 6.33. The number of methoxy groups -OCH3 is 1. The van der Waals surface area contributed by atoms with Crippen molar-refractivity contribution in [3.05, 3.63) is 41.0 Å². The van der Waals surface area contributed by atoms with Gasteiger partial charge in [0.25, 0.3) is 11.8 Å². The zero-order valence-corrected chi connectivity index (χ0v) is 17.3. The Morgan fingerprint density at radius 2 is 2.10 bits per heavy atom. The van der Waals surface area contributed by atoms with E-state index in [1.54, 1.807) is 21.9 Å². The Kier molecular flexibility index (Phi) is 5.74. The number of halogens is 1. The first-order valence-electron chi connectivity index (χ1n) is 9.71. The van der Waals surface area contributed by atoms with Crippen molar-refractivity contribution in [2.75, 3.05) is 39.9 Å². The molecule has 1 N–H and O–H groups in total. The van der Waals surface area contributed by atoms with Crippen LogP contribution >= 0.6 is 11.6 Å². The van der Waals surface area contributed by atoms with E-state index in [9.17, 15) is 14.4 Å². The Labute approximate surface area is 178 Å². The van der Waals surface area contributed by atoms with Gasteiger partial charge in [0.05, 0.1) is 30.4 Å². The van der Waals surface area contributed by atoms with Crippen molar-refractivity contribution in [2.45, 2.75) is 12.5 Å². The highest BCUT2D eigenvalue weighted by atomic mass is 35.5. The van der Waals surface area contributed by atoms with Gasteiger partial charge in [0.2, 0.25) is 0 Å². The number of fused-ring (bicyclic) bond motifs is 1. The van der Waals surface area contributed by atoms with Crippen molar-refractivity contribution in [1.29, 1.82) is 0 Å². The summed E-state index contributed by atoms with van der Waals surface area (Å²) in [7, 11) is 1.52. The van der Waals surface area contributed by atoms with E-state index in [4.69, 9.17) is 16.3 Å². The number of hydrogen-bond donors (Lipinski definition) is 1. The molecule has 158 valence electrons. The summed E-state index contributed by atoms with van der Waals surface area (Å²) in [6.45, 7) is 1.51. The van der Waals surface area contributed by atoms with Crippen molar-refractivity contribution in [1.82, 2.24) is 24.9 Å². The summed E-state index contributed by atoms with van der Waals surface area (Å²) < 4.78 is 4.99. The second-order valence-electron chi connectivity index (χ2n) is 7.23. The summed E-state index contributed by atoms with van der Waals surface area (Å²) >= 11 is 6.22. The third-order valence-electron chi connectivity index (χ3n) is 5.39. The lowest BCUT2D eigenvalue weighted by molar-refractivity contribution is -0.128. The average Bonchev–Trinajstić information content (AvgIpc) is 3.22. The third kappa shape index (κ3) is 3.66. The predicted molar refractivity (Wildman–Crippen MR) is 109 cm³/mol. The maximum atomic E-state index is 13.1. The van der Waals surface area contributed by atoms with Gasteiger partial charge in [-0.25, -0.2) is 4.79 Å². The Morgan fingerprint density at radius 1 is 1.30 bits per heavy atom. The van der Waals surface area contributed by atoms with Gasteiger partial charge in [0.15, 0.2) is 0 Å². The van der Waals surface area contributed by atoms with Crippen LogP contribution in [0.5, 0.6) is 0 Å². The van der Waals surface area contributed by atoms with Crippen molar-refractivity contribution in [2.24, 2.45) is 0 Å². The Bertz CT molecular complexity index is 978. The number of hydrogen-bond acceptors (Lipinski definition) is 5. The Hall–Kier alpha value is -2.91. The van der Waals surface area contributed by atoms with Crippen molar-refractivity contribution in [3.63, 3.8) is 0 Å². The summed E-state index contributed by atoms with van der Waals surface area (Å²) in [6.07, 6.45) is 0.588. The van der Waals surface area contributed by atoms with Gasteiger partial charge in [-0.3, -0.25) is 19.6 Å². The molecule has 0 spiro atoms. The molecule has 2 aliphatic rings. The molecular formula is C20H22ClN5O4. The number of rotatable bonds is 5. The molecule has 2 aromatic rings. The molecule has 10 heteroatoms. The van der Waals surface area contributed by atoms with Crippen molar-refractivity contribution in [3.8, 4) is 11.3 Å². The molecule has 0 aliphatic carbocycles. The summed E-state index contributed by atoms with van der Waals surface area (Å²) in [5, 5.41) is 7.53. The quantitative estimate of drug-likeness (QED) is 0.728. The van der Waals surface area contributed by atoms with E-state index in [1.807, 2.05) is 18.2 Å². The maximum absolute atomic E-state index is 13.1. The highest BCUT2D eigenvalue weighted by Gasteiger charge is 2.46. The second kappa shape index (κ2) is 8.45. The van der Waals surface area contributed by atoms with Crippen molar-refractivity contribution >= 4 is 29.4 Å². The van der Waals surface area contributed by atoms with Crippen LogP contribution in [-0.2, 0) is 9.53 Å². The number of imide groups is 1. The van der Waals surface area contributed by atoms with Gasteiger partial charge in [-0.15, -0.1) is 0 Å². The fourth-order valence-corrected chi connectivity index (χ4v) is 4.07. The zero-order chi connectivity index (χ0) is 21.3. The number of carbonyl (C=O) groups excluding carboxylic acids is 3. The molecule has 2 fully saturated rings. The number of benzene rings is 1. The molecule has 9 nitrogen and oxygen atoms in total. The van der Waals surface area contributed by atoms with Crippen LogP contribution in [0.25, 0.3) is 11.3 Å². The highest BCUT2D eigenvalue weighted by Crippen LogP contribution is 2.27. The van der Waals surface area contributed by atoms with Gasteiger partial charge in [0.1, 0.15) is 11.7 Å². The number of carbonyl (C=O) groups is 3. The first-order chi connectivity index (χ1) is 14.5. The summed E-state index contributed by atoms with van der Waals surface area (Å²) in [6, 6.07) is 7.91. The van der Waals surface area contributed by atoms with E-state index in [0.29, 0.717) is 35.9 Å². The number of amides is 4. The van der Waals surface area contributed by atoms with Crippen LogP contribution in [0, 0.1) is 0 Å². The topological polar surface area (TPSA) is 98.8 Å². The molecule has 1 unspecified atom stereocenters. The summed E-state index contributed by atoms with van der Waals surface area (Å²) in [5.74, 6) is -0.559. The number of aromatic amines is 1. The molecule has 2 saturated heterocycles. The lowest BCUT2D eigenvalue weighted by Crippen LogP contribution is -2.43. The number of aromatic nitrogens is 2. The molecule has 2 aliphatic heterocycles. The van der Waals surface area contributed by atoms with Gasteiger partial charge >= 0.3 is 6.03 Å². The molecule has 1 aromatic carbocycles. The third-order valence-corrected chi connectivity index (χ3v) is 5.72. The zero-order valence-electron chi connectivity index (χ0n) is 16.5. The van der Waals surface area contributed by atoms with E-state index >= 15 is 0 Å². The first kappa shape index (κ1) is 20.4. The van der Waals surface area contributed by atoms with Crippen molar-refractivity contribution < 1.29 is 19.1 Å². The Balaban J connectivity index is 1.51. The molecule has 1 aromatic heterocycles. The standard InChI is InChI=1S/C20H22ClN5O4/c1-30-10-9-26-19(28)17-12-24(7-4-8-25(17)20(26)29)18(27)16-11-15(22-23-16)13-5-2-3-6-14(13)21/h2-3,5-6,11,17H,4,7-10,12H2,1H3,(H,22,23). The van der Waals surface area contributed by atoms with E-state index in [-0.39, 0.29) is 37.5 Å². The molecule has 3 heterocycles. The second-order valence-corrected chi connectivity index (χ2v) is 7.63. The van der Waals surface area contributed by atoms with Gasteiger partial charge in [0, 0.05) is 25.8 Å². The van der Waals surface area contributed by atoms with Crippen LogP contribution in [0.1, 0.15) is 16.9 Å². The predicted octanol–water partition coefficient (Wildman–Crippen LogP) is 1.86. The minimum Gasteiger partial charge on any atom is -0.383 e. The van der Waals surface area contributed by atoms with E-state index in [0.717, 1.165) is 5.56 Å². The molecule has 0 saturated carbocycles. The molecular weight excluding hydrogens is 410 g/mol. The van der Waals surface area contributed by atoms with Gasteiger partial charge in [-0.2, -0.15) is 5.10 Å². The molecule has 4 amide bonds. The van der Waals surface area contributed by atoms with E-state index < -0.39 is 6.04 Å². The molecule has 30 heavy (non-hydrogen) atoms. The van der Waals surface area contributed by atoms with Crippen LogP contribution < -0.4 is 0 Å². The minimum atomic E-state index is -0.674. The number of nitrogens with zero attached hydrogens (tertiary/aromatic N) is 4. The maximum Gasteiger partial charge on any atom is 0.327 e. The summed E-state index contributed by atoms with van der Waals surface area (Å²) in [5.41, 5.74) is 1.60. The fourth-order valence-electron chi connectivity index (χ4n) is 3.84. The fraction of sp³-hybridized carbons (Fsp3) is 0.400. The van der Waals surface area contributed by atoms with Crippen LogP contribution in [0.3, 0.4) is 0 Å². The minimum absolute atomic E-state index is 0.146. The molecule has 1 atom stereocenters. The lowest BCUT2D eigenvalue weighted by atomic mass is 10.1.